The Morgan fingerprint density at radius 3 is 3.05 bits per heavy atom. The van der Waals surface area contributed by atoms with Gasteiger partial charge < -0.3 is 9.73 Å². The highest BCUT2D eigenvalue weighted by atomic mass is 32.1. The van der Waals surface area contributed by atoms with E-state index in [-0.39, 0.29) is 5.56 Å². The minimum absolute atomic E-state index is 0.112. The van der Waals surface area contributed by atoms with Gasteiger partial charge in [0.15, 0.2) is 4.77 Å². The summed E-state index contributed by atoms with van der Waals surface area (Å²) in [5, 5.41) is 3.32. The summed E-state index contributed by atoms with van der Waals surface area (Å²) < 4.78 is 7.67. The van der Waals surface area contributed by atoms with Crippen molar-refractivity contribution in [3.05, 3.63) is 44.8 Å². The Morgan fingerprint density at radius 2 is 2.33 bits per heavy atom. The first-order valence-corrected chi connectivity index (χ1v) is 7.44. The van der Waals surface area contributed by atoms with Crippen molar-refractivity contribution in [2.24, 2.45) is 0 Å². The minimum atomic E-state index is -0.112. The molecule has 0 fully saturated rings. The van der Waals surface area contributed by atoms with Crippen molar-refractivity contribution < 1.29 is 4.42 Å². The van der Waals surface area contributed by atoms with Crippen LogP contribution >= 0.6 is 12.2 Å². The van der Waals surface area contributed by atoms with E-state index in [4.69, 9.17) is 16.6 Å². The quantitative estimate of drug-likeness (QED) is 0.847. The van der Waals surface area contributed by atoms with Crippen LogP contribution in [0, 0.1) is 4.77 Å². The Balaban J connectivity index is 2.00. The molecule has 2 aromatic heterocycles. The summed E-state index contributed by atoms with van der Waals surface area (Å²) in [5.74, 6) is 1.60. The molecule has 0 amide bonds. The van der Waals surface area contributed by atoms with Crippen LogP contribution in [-0.4, -0.2) is 27.7 Å². The Morgan fingerprint density at radius 1 is 1.48 bits per heavy atom. The molecule has 0 aliphatic carbocycles. The monoisotopic (exact) mass is 306 g/mol. The van der Waals surface area contributed by atoms with Gasteiger partial charge in [0.05, 0.1) is 25.0 Å². The van der Waals surface area contributed by atoms with Gasteiger partial charge in [0, 0.05) is 6.54 Å². The number of furan rings is 1. The maximum Gasteiger partial charge on any atom is 0.258 e. The van der Waals surface area contributed by atoms with Crippen molar-refractivity contribution in [3.63, 3.8) is 0 Å². The van der Waals surface area contributed by atoms with Crippen LogP contribution in [0.2, 0.25) is 0 Å². The zero-order valence-corrected chi connectivity index (χ0v) is 12.7. The number of fused-ring (bicyclic) bond motifs is 1. The summed E-state index contributed by atoms with van der Waals surface area (Å²) >= 11 is 5.29. The molecule has 0 aromatic carbocycles. The van der Waals surface area contributed by atoms with Crippen molar-refractivity contribution >= 4 is 18.0 Å². The predicted octanol–water partition coefficient (Wildman–Crippen LogP) is 2.14. The lowest BCUT2D eigenvalue weighted by molar-refractivity contribution is 0.272. The molecule has 2 N–H and O–H groups in total. The van der Waals surface area contributed by atoms with Crippen molar-refractivity contribution in [2.75, 3.05) is 18.5 Å². The smallest absolute Gasteiger partial charge is 0.258 e. The highest BCUT2D eigenvalue weighted by molar-refractivity contribution is 7.71. The highest BCUT2D eigenvalue weighted by Gasteiger charge is 2.21. The van der Waals surface area contributed by atoms with Gasteiger partial charge in [0.1, 0.15) is 11.6 Å². The van der Waals surface area contributed by atoms with E-state index in [2.05, 4.69) is 22.1 Å². The van der Waals surface area contributed by atoms with Crippen LogP contribution in [0.4, 0.5) is 5.82 Å². The molecule has 0 spiro atoms. The van der Waals surface area contributed by atoms with Crippen LogP contribution < -0.4 is 10.9 Å². The fraction of sp³-hybridized carbons (Fsp3) is 0.429. The van der Waals surface area contributed by atoms with Gasteiger partial charge >= 0.3 is 0 Å². The molecule has 1 aliphatic rings. The standard InChI is InChI=1S/C14H18N4O2S/c1-2-5-17-8-11-12(15-9-17)18(14(21)16-13(11)19)7-10-4-3-6-20-10/h3-4,6,15H,2,5,7-9H2,1H3,(H,16,19,21). The minimum Gasteiger partial charge on any atom is -0.467 e. The van der Waals surface area contributed by atoms with Gasteiger partial charge in [0.25, 0.3) is 5.56 Å². The third kappa shape index (κ3) is 2.79. The molecular formula is C14H18N4O2S. The molecule has 6 nitrogen and oxygen atoms in total. The molecule has 0 unspecified atom stereocenters. The second-order valence-corrected chi connectivity index (χ2v) is 5.53. The number of anilines is 1. The maximum atomic E-state index is 12.2. The Hall–Kier alpha value is -1.86. The lowest BCUT2D eigenvalue weighted by Crippen LogP contribution is -2.39. The van der Waals surface area contributed by atoms with Gasteiger partial charge in [-0.2, -0.15) is 0 Å². The molecule has 0 atom stereocenters. The van der Waals surface area contributed by atoms with Crippen LogP contribution in [0.5, 0.6) is 0 Å². The molecule has 0 saturated heterocycles. The van der Waals surface area contributed by atoms with Gasteiger partial charge in [-0.25, -0.2) is 0 Å². The topological polar surface area (TPSA) is 66.2 Å². The van der Waals surface area contributed by atoms with Crippen LogP contribution in [0.15, 0.2) is 27.6 Å². The normalized spacial score (nSPS) is 14.7. The average molecular weight is 306 g/mol. The number of rotatable bonds is 4. The first kappa shape index (κ1) is 14.1. The van der Waals surface area contributed by atoms with Gasteiger partial charge in [-0.05, 0) is 37.3 Å². The lowest BCUT2D eigenvalue weighted by atomic mass is 10.2. The highest BCUT2D eigenvalue weighted by Crippen LogP contribution is 2.20. The van der Waals surface area contributed by atoms with Crippen LogP contribution in [-0.2, 0) is 13.1 Å². The third-order valence-corrected chi connectivity index (χ3v) is 3.90. The second-order valence-electron chi connectivity index (χ2n) is 5.14. The average Bonchev–Trinajstić information content (AvgIpc) is 2.97. The molecule has 112 valence electrons. The molecule has 1 aliphatic heterocycles. The Kier molecular flexibility index (Phi) is 3.94. The third-order valence-electron chi connectivity index (χ3n) is 3.58. The number of hydrogen-bond donors (Lipinski definition) is 2. The molecule has 0 saturated carbocycles. The van der Waals surface area contributed by atoms with E-state index in [0.717, 1.165) is 36.8 Å². The van der Waals surface area contributed by atoms with Crippen LogP contribution in [0.3, 0.4) is 0 Å². The van der Waals surface area contributed by atoms with Crippen molar-refractivity contribution in [1.82, 2.24) is 14.5 Å². The molecule has 7 heteroatoms. The van der Waals surface area contributed by atoms with Gasteiger partial charge in [-0.3, -0.25) is 19.2 Å². The molecule has 21 heavy (non-hydrogen) atoms. The van der Waals surface area contributed by atoms with Gasteiger partial charge in [0.2, 0.25) is 0 Å². The summed E-state index contributed by atoms with van der Waals surface area (Å²) in [6, 6.07) is 3.74. The molecule has 3 rings (SSSR count). The Labute approximate surface area is 127 Å². The summed E-state index contributed by atoms with van der Waals surface area (Å²) in [5.41, 5.74) is 0.619. The molecular weight excluding hydrogens is 288 g/mol. The lowest BCUT2D eigenvalue weighted by Gasteiger charge is -2.30. The molecule has 0 radical (unpaired) electrons. The predicted molar refractivity (Wildman–Crippen MR) is 82.9 cm³/mol. The van der Waals surface area contributed by atoms with E-state index in [1.165, 1.54) is 0 Å². The molecule has 3 heterocycles. The first-order valence-electron chi connectivity index (χ1n) is 7.03. The van der Waals surface area contributed by atoms with Crippen molar-refractivity contribution in [2.45, 2.75) is 26.4 Å². The van der Waals surface area contributed by atoms with E-state index < -0.39 is 0 Å². The number of nitrogens with one attached hydrogen (secondary N) is 2. The second kappa shape index (κ2) is 5.87. The number of hydrogen-bond acceptors (Lipinski definition) is 5. The van der Waals surface area contributed by atoms with E-state index in [9.17, 15) is 4.79 Å². The summed E-state index contributed by atoms with van der Waals surface area (Å²) in [7, 11) is 0. The van der Waals surface area contributed by atoms with Crippen molar-refractivity contribution in [1.29, 1.82) is 0 Å². The first-order chi connectivity index (χ1) is 10.2. The number of H-pyrrole nitrogens is 1. The van der Waals surface area contributed by atoms with Gasteiger partial charge in [-0.15, -0.1) is 0 Å². The van der Waals surface area contributed by atoms with Gasteiger partial charge in [-0.1, -0.05) is 6.92 Å². The number of aromatic nitrogens is 2. The zero-order valence-electron chi connectivity index (χ0n) is 11.9. The summed E-state index contributed by atoms with van der Waals surface area (Å²) in [6.07, 6.45) is 2.69. The van der Waals surface area contributed by atoms with Crippen LogP contribution in [0.1, 0.15) is 24.7 Å². The van der Waals surface area contributed by atoms with Crippen LogP contribution in [0.25, 0.3) is 0 Å². The number of aromatic amines is 1. The molecule has 0 bridgehead atoms. The SMILES string of the molecule is CCCN1CNc2c(c(=O)[nH]c(=S)n2Cc2ccco2)C1. The van der Waals surface area contributed by atoms with E-state index in [0.29, 0.717) is 17.9 Å². The largest absolute Gasteiger partial charge is 0.467 e. The van der Waals surface area contributed by atoms with E-state index in [1.807, 2.05) is 16.7 Å². The maximum absolute atomic E-state index is 12.2. The fourth-order valence-corrected chi connectivity index (χ4v) is 2.86. The van der Waals surface area contributed by atoms with E-state index in [1.54, 1.807) is 6.26 Å². The Bertz CT molecular complexity index is 732. The molecule has 2 aromatic rings. The van der Waals surface area contributed by atoms with E-state index >= 15 is 0 Å². The number of nitrogens with zero attached hydrogens (tertiary/aromatic N) is 2. The zero-order chi connectivity index (χ0) is 14.8. The summed E-state index contributed by atoms with van der Waals surface area (Å²) in [6.45, 7) is 4.95. The fourth-order valence-electron chi connectivity index (χ4n) is 2.61. The summed E-state index contributed by atoms with van der Waals surface area (Å²) in [4.78, 5) is 17.1. The van der Waals surface area contributed by atoms with Crippen molar-refractivity contribution in [3.8, 4) is 0 Å².